The number of aliphatic hydroxyl groups is 1. The van der Waals surface area contributed by atoms with E-state index in [4.69, 9.17) is 4.74 Å². The minimum absolute atomic E-state index is 0.175. The van der Waals surface area contributed by atoms with Crippen LogP contribution in [-0.2, 0) is 12.8 Å². The molecule has 4 heteroatoms. The highest BCUT2D eigenvalue weighted by Crippen LogP contribution is 2.22. The molecule has 0 aliphatic heterocycles. The maximum absolute atomic E-state index is 9.60. The zero-order chi connectivity index (χ0) is 14.5. The van der Waals surface area contributed by atoms with Crippen molar-refractivity contribution in [1.29, 1.82) is 0 Å². The Labute approximate surface area is 124 Å². The Kier molecular flexibility index (Phi) is 5.15. The Balaban J connectivity index is 2.04. The molecular formula is C16H21NO2S. The Morgan fingerprint density at radius 1 is 1.30 bits per heavy atom. The number of nitrogens with zero attached hydrogens (tertiary/aromatic N) is 1. The maximum Gasteiger partial charge on any atom is 0.119 e. The van der Waals surface area contributed by atoms with Crippen molar-refractivity contribution in [3.63, 3.8) is 0 Å². The number of rotatable bonds is 6. The molecule has 0 spiro atoms. The molecule has 2 rings (SSSR count). The molecule has 1 atom stereocenters. The molecule has 20 heavy (non-hydrogen) atoms. The molecular weight excluding hydrogens is 270 g/mol. The van der Waals surface area contributed by atoms with E-state index < -0.39 is 0 Å². The quantitative estimate of drug-likeness (QED) is 0.889. The predicted molar refractivity (Wildman–Crippen MR) is 82.6 cm³/mol. The molecule has 0 aliphatic rings. The molecule has 2 aromatic rings. The fourth-order valence-electron chi connectivity index (χ4n) is 2.21. The van der Waals surface area contributed by atoms with Crippen molar-refractivity contribution in [3.05, 3.63) is 45.4 Å². The average Bonchev–Trinajstić information content (AvgIpc) is 2.76. The Hall–Kier alpha value is -1.39. The van der Waals surface area contributed by atoms with Crippen LogP contribution >= 0.6 is 11.3 Å². The van der Waals surface area contributed by atoms with Gasteiger partial charge in [-0.3, -0.25) is 0 Å². The maximum atomic E-state index is 9.60. The van der Waals surface area contributed by atoms with Crippen molar-refractivity contribution in [2.24, 2.45) is 5.92 Å². The highest BCUT2D eigenvalue weighted by molar-refractivity contribution is 7.11. The summed E-state index contributed by atoms with van der Waals surface area (Å²) in [4.78, 5) is 5.82. The van der Waals surface area contributed by atoms with Gasteiger partial charge in [-0.05, 0) is 43.9 Å². The lowest BCUT2D eigenvalue weighted by Crippen LogP contribution is -2.13. The van der Waals surface area contributed by atoms with Gasteiger partial charge in [-0.2, -0.15) is 0 Å². The van der Waals surface area contributed by atoms with Gasteiger partial charge in [0.1, 0.15) is 5.75 Å². The first kappa shape index (κ1) is 15.0. The molecule has 0 radical (unpaired) electrons. The average molecular weight is 291 g/mol. The molecule has 0 saturated heterocycles. The number of methoxy groups -OCH3 is 1. The third kappa shape index (κ3) is 3.81. The number of thiazole rings is 1. The van der Waals surface area contributed by atoms with Gasteiger partial charge in [0.05, 0.1) is 17.8 Å². The van der Waals surface area contributed by atoms with Gasteiger partial charge in [0.25, 0.3) is 0 Å². The van der Waals surface area contributed by atoms with Crippen LogP contribution in [0.1, 0.15) is 21.1 Å². The van der Waals surface area contributed by atoms with Crippen LogP contribution in [0.2, 0.25) is 0 Å². The van der Waals surface area contributed by atoms with Crippen molar-refractivity contribution in [2.75, 3.05) is 13.7 Å². The zero-order valence-electron chi connectivity index (χ0n) is 12.2. The van der Waals surface area contributed by atoms with E-state index in [0.717, 1.165) is 29.3 Å². The summed E-state index contributed by atoms with van der Waals surface area (Å²) in [6.07, 6.45) is 1.67. The molecule has 0 fully saturated rings. The number of aromatic nitrogens is 1. The minimum atomic E-state index is 0.175. The molecule has 1 aromatic heterocycles. The fraction of sp³-hybridized carbons (Fsp3) is 0.438. The molecule has 0 saturated carbocycles. The molecule has 1 N–H and O–H groups in total. The Morgan fingerprint density at radius 2 is 2.10 bits per heavy atom. The summed E-state index contributed by atoms with van der Waals surface area (Å²) < 4.78 is 5.23. The fourth-order valence-corrected chi connectivity index (χ4v) is 3.26. The number of benzene rings is 1. The van der Waals surface area contributed by atoms with Gasteiger partial charge >= 0.3 is 0 Å². The standard InChI is InChI=1S/C16H21NO2S/c1-11-12(2)20-16(17-11)9-14(10-18)7-13-5-4-6-15(8-13)19-3/h4-6,8,14,18H,7,9-10H2,1-3H3. The number of hydrogen-bond acceptors (Lipinski definition) is 4. The summed E-state index contributed by atoms with van der Waals surface area (Å²) in [6, 6.07) is 8.02. The molecule has 1 aromatic carbocycles. The van der Waals surface area contributed by atoms with Crippen LogP contribution in [0.4, 0.5) is 0 Å². The van der Waals surface area contributed by atoms with E-state index >= 15 is 0 Å². The summed E-state index contributed by atoms with van der Waals surface area (Å²) >= 11 is 1.73. The van der Waals surface area contributed by atoms with Crippen LogP contribution in [0.5, 0.6) is 5.75 Å². The second kappa shape index (κ2) is 6.86. The van der Waals surface area contributed by atoms with E-state index in [1.165, 1.54) is 10.4 Å². The van der Waals surface area contributed by atoms with Crippen molar-refractivity contribution >= 4 is 11.3 Å². The van der Waals surface area contributed by atoms with Gasteiger partial charge in [-0.1, -0.05) is 12.1 Å². The first-order valence-electron chi connectivity index (χ1n) is 6.79. The summed E-state index contributed by atoms with van der Waals surface area (Å²) in [5.41, 5.74) is 2.29. The second-order valence-corrected chi connectivity index (χ2v) is 6.35. The molecule has 1 heterocycles. The number of aryl methyl sites for hydroxylation is 2. The van der Waals surface area contributed by atoms with E-state index in [-0.39, 0.29) is 12.5 Å². The SMILES string of the molecule is COc1cccc(CC(CO)Cc2nc(C)c(C)s2)c1. The van der Waals surface area contributed by atoms with Crippen LogP contribution < -0.4 is 4.74 Å². The molecule has 0 amide bonds. The normalized spacial score (nSPS) is 12.4. The molecule has 0 bridgehead atoms. The first-order chi connectivity index (χ1) is 9.62. The van der Waals surface area contributed by atoms with Crippen LogP contribution in [0, 0.1) is 19.8 Å². The van der Waals surface area contributed by atoms with Crippen molar-refractivity contribution in [2.45, 2.75) is 26.7 Å². The van der Waals surface area contributed by atoms with E-state index in [9.17, 15) is 5.11 Å². The van der Waals surface area contributed by atoms with Crippen LogP contribution in [0.15, 0.2) is 24.3 Å². The smallest absolute Gasteiger partial charge is 0.119 e. The molecule has 108 valence electrons. The van der Waals surface area contributed by atoms with Gasteiger partial charge < -0.3 is 9.84 Å². The van der Waals surface area contributed by atoms with Crippen LogP contribution in [0.25, 0.3) is 0 Å². The van der Waals surface area contributed by atoms with Crippen LogP contribution in [-0.4, -0.2) is 23.8 Å². The molecule has 3 nitrogen and oxygen atoms in total. The van der Waals surface area contributed by atoms with E-state index in [2.05, 4.69) is 18.0 Å². The Morgan fingerprint density at radius 3 is 2.70 bits per heavy atom. The minimum Gasteiger partial charge on any atom is -0.497 e. The predicted octanol–water partition coefficient (Wildman–Crippen LogP) is 3.16. The topological polar surface area (TPSA) is 42.4 Å². The molecule has 1 unspecified atom stereocenters. The Bertz CT molecular complexity index is 546. The lowest BCUT2D eigenvalue weighted by atomic mass is 9.97. The summed E-state index contributed by atoms with van der Waals surface area (Å²) in [7, 11) is 1.67. The lowest BCUT2D eigenvalue weighted by molar-refractivity contribution is 0.224. The number of ether oxygens (including phenoxy) is 1. The van der Waals surface area contributed by atoms with Crippen LogP contribution in [0.3, 0.4) is 0 Å². The van der Waals surface area contributed by atoms with Gasteiger partial charge in [-0.25, -0.2) is 4.98 Å². The third-order valence-corrected chi connectivity index (χ3v) is 4.55. The molecule has 0 aliphatic carbocycles. The second-order valence-electron chi connectivity index (χ2n) is 5.06. The van der Waals surface area contributed by atoms with Gasteiger partial charge in [0.15, 0.2) is 0 Å². The summed E-state index contributed by atoms with van der Waals surface area (Å²) in [5, 5.41) is 10.7. The summed E-state index contributed by atoms with van der Waals surface area (Å²) in [6.45, 7) is 4.30. The largest absolute Gasteiger partial charge is 0.497 e. The van der Waals surface area contributed by atoms with E-state index in [0.29, 0.717) is 0 Å². The van der Waals surface area contributed by atoms with Crippen molar-refractivity contribution < 1.29 is 9.84 Å². The number of hydrogen-bond donors (Lipinski definition) is 1. The lowest BCUT2D eigenvalue weighted by Gasteiger charge is -2.13. The third-order valence-electron chi connectivity index (χ3n) is 3.45. The zero-order valence-corrected chi connectivity index (χ0v) is 13.0. The van der Waals surface area contributed by atoms with Gasteiger partial charge in [0, 0.05) is 17.9 Å². The van der Waals surface area contributed by atoms with Crippen molar-refractivity contribution in [1.82, 2.24) is 4.98 Å². The number of aliphatic hydroxyl groups excluding tert-OH is 1. The highest BCUT2D eigenvalue weighted by Gasteiger charge is 2.13. The monoisotopic (exact) mass is 291 g/mol. The van der Waals surface area contributed by atoms with E-state index in [1.54, 1.807) is 18.4 Å². The van der Waals surface area contributed by atoms with E-state index in [1.807, 2.05) is 25.1 Å². The first-order valence-corrected chi connectivity index (χ1v) is 7.60. The summed E-state index contributed by atoms with van der Waals surface area (Å²) in [5.74, 6) is 1.06. The van der Waals surface area contributed by atoms with Gasteiger partial charge in [-0.15, -0.1) is 11.3 Å². The van der Waals surface area contributed by atoms with Gasteiger partial charge in [0.2, 0.25) is 0 Å². The highest BCUT2D eigenvalue weighted by atomic mass is 32.1. The van der Waals surface area contributed by atoms with Crippen molar-refractivity contribution in [3.8, 4) is 5.75 Å².